The quantitative estimate of drug-likeness (QED) is 0.0375. The number of nitrogens with one attached hydrogen (secondary N) is 7. The maximum atomic E-state index is 13.6. The number of nitrogens with zero attached hydrogens (tertiary/aromatic N) is 1. The first kappa shape index (κ1) is 47.8. The fourth-order valence-electron chi connectivity index (χ4n) is 5.07. The molecule has 0 radical (unpaired) electrons. The van der Waals surface area contributed by atoms with Crippen molar-refractivity contribution in [3.63, 3.8) is 0 Å². The van der Waals surface area contributed by atoms with E-state index in [4.69, 9.17) is 17.2 Å². The molecule has 1 rings (SSSR count). The van der Waals surface area contributed by atoms with Crippen molar-refractivity contribution in [3.8, 4) is 0 Å². The van der Waals surface area contributed by atoms with Crippen LogP contribution in [0.15, 0.2) is 12.5 Å². The number of amides is 6. The Morgan fingerprint density at radius 3 is 1.76 bits per heavy atom. The van der Waals surface area contributed by atoms with Crippen molar-refractivity contribution in [3.05, 3.63) is 18.2 Å². The molecule has 55 heavy (non-hydrogen) atoms. The molecule has 0 aliphatic carbocycles. The molecule has 0 aliphatic heterocycles. The molecular formula is C33H57N11O11. The number of aromatic amines is 1. The third kappa shape index (κ3) is 17.7. The number of carbonyl (C=O) groups excluding carboxylic acids is 6. The number of hydrogen-bond acceptors (Lipinski definition) is 13. The summed E-state index contributed by atoms with van der Waals surface area (Å²) in [5.74, 6) is -8.86. The third-order valence-electron chi connectivity index (χ3n) is 8.29. The van der Waals surface area contributed by atoms with Crippen LogP contribution in [0, 0.1) is 5.92 Å². The van der Waals surface area contributed by atoms with Crippen LogP contribution in [0.25, 0.3) is 0 Å². The number of nitrogens with two attached hydrogens (primary N) is 3. The van der Waals surface area contributed by atoms with Gasteiger partial charge in [0.1, 0.15) is 36.3 Å². The van der Waals surface area contributed by atoms with Crippen LogP contribution in [0.1, 0.15) is 71.4 Å². The van der Waals surface area contributed by atoms with Crippen molar-refractivity contribution in [2.24, 2.45) is 23.1 Å². The van der Waals surface area contributed by atoms with Gasteiger partial charge >= 0.3 is 11.9 Å². The summed E-state index contributed by atoms with van der Waals surface area (Å²) in [7, 11) is 0. The van der Waals surface area contributed by atoms with Crippen LogP contribution in [-0.4, -0.2) is 135 Å². The molecule has 0 aromatic carbocycles. The van der Waals surface area contributed by atoms with E-state index in [1.165, 1.54) is 19.4 Å². The maximum absolute atomic E-state index is 13.6. The Morgan fingerprint density at radius 2 is 1.24 bits per heavy atom. The molecule has 7 atom stereocenters. The molecule has 1 heterocycles. The molecule has 22 nitrogen and oxygen atoms in total. The van der Waals surface area contributed by atoms with Gasteiger partial charge in [-0.05, 0) is 58.0 Å². The smallest absolute Gasteiger partial charge is 0.328 e. The van der Waals surface area contributed by atoms with Crippen LogP contribution < -0.4 is 49.1 Å². The van der Waals surface area contributed by atoms with E-state index >= 15 is 0 Å². The lowest BCUT2D eigenvalue weighted by Gasteiger charge is -2.28. The lowest BCUT2D eigenvalue weighted by molar-refractivity contribution is -0.143. The number of aliphatic hydroxyl groups excluding tert-OH is 1. The molecule has 0 fully saturated rings. The first-order valence-corrected chi connectivity index (χ1v) is 18.0. The second kappa shape index (κ2) is 25.0. The summed E-state index contributed by atoms with van der Waals surface area (Å²) in [6.45, 7) is 4.27. The second-order valence-electron chi connectivity index (χ2n) is 13.3. The second-order valence-corrected chi connectivity index (χ2v) is 13.3. The molecule has 0 spiro atoms. The Labute approximate surface area is 318 Å². The summed E-state index contributed by atoms with van der Waals surface area (Å²) in [5.41, 5.74) is 17.3. The highest BCUT2D eigenvalue weighted by Gasteiger charge is 2.35. The Kier molecular flexibility index (Phi) is 21.7. The average molecular weight is 784 g/mol. The summed E-state index contributed by atoms with van der Waals surface area (Å²) < 4.78 is 0. The van der Waals surface area contributed by atoms with Gasteiger partial charge in [-0.15, -0.1) is 0 Å². The normalized spacial score (nSPS) is 14.9. The van der Waals surface area contributed by atoms with Crippen molar-refractivity contribution in [1.29, 1.82) is 0 Å². The van der Waals surface area contributed by atoms with Crippen molar-refractivity contribution < 1.29 is 53.7 Å². The van der Waals surface area contributed by atoms with E-state index in [-0.39, 0.29) is 19.4 Å². The number of imidazole rings is 1. The fraction of sp³-hybridized carbons (Fsp3) is 0.667. The molecule has 1 aromatic rings. The minimum absolute atomic E-state index is 0.0430. The van der Waals surface area contributed by atoms with Gasteiger partial charge in [-0.2, -0.15) is 0 Å². The largest absolute Gasteiger partial charge is 0.481 e. The first-order valence-electron chi connectivity index (χ1n) is 18.0. The lowest BCUT2D eigenvalue weighted by atomic mass is 10.0. The molecule has 310 valence electrons. The highest BCUT2D eigenvalue weighted by atomic mass is 16.4. The number of unbranched alkanes of at least 4 members (excludes halogenated alkanes) is 2. The highest BCUT2D eigenvalue weighted by Crippen LogP contribution is 2.09. The van der Waals surface area contributed by atoms with Crippen molar-refractivity contribution >= 4 is 47.4 Å². The number of rotatable bonds is 27. The number of carbonyl (C=O) groups is 8. The number of carboxylic acid groups (broad SMARTS) is 2. The van der Waals surface area contributed by atoms with Gasteiger partial charge in [0, 0.05) is 12.6 Å². The van der Waals surface area contributed by atoms with Gasteiger partial charge in [-0.1, -0.05) is 20.3 Å². The van der Waals surface area contributed by atoms with Gasteiger partial charge in [0.15, 0.2) is 0 Å². The predicted molar refractivity (Wildman–Crippen MR) is 195 cm³/mol. The predicted octanol–water partition coefficient (Wildman–Crippen LogP) is -4.33. The van der Waals surface area contributed by atoms with E-state index in [1.54, 1.807) is 13.8 Å². The van der Waals surface area contributed by atoms with E-state index in [0.717, 1.165) is 0 Å². The molecule has 0 unspecified atom stereocenters. The molecule has 16 N–H and O–H groups in total. The minimum Gasteiger partial charge on any atom is -0.481 e. The van der Waals surface area contributed by atoms with E-state index in [0.29, 0.717) is 44.3 Å². The number of aromatic nitrogens is 2. The molecule has 1 aromatic heterocycles. The van der Waals surface area contributed by atoms with E-state index < -0.39 is 109 Å². The molecular weight excluding hydrogens is 726 g/mol. The number of aliphatic hydroxyl groups is 1. The SMILES string of the molecule is CC(C)[C@H](NC(=O)[C@H](C)NC(=O)[C@@H](N)CCCCN)C(=O)N[C@@H](CC(=O)O)C(=O)N[C@@H](CCCCN)C(=O)N[C@@H](Cc1c[nH]cn1)C(=O)N[C@@H](CO)C(=O)O. The zero-order valence-corrected chi connectivity index (χ0v) is 31.3. The van der Waals surface area contributed by atoms with Crippen LogP contribution in [0.2, 0.25) is 0 Å². The first-order chi connectivity index (χ1) is 25.9. The number of hydrogen-bond donors (Lipinski definition) is 13. The van der Waals surface area contributed by atoms with E-state index in [9.17, 15) is 53.7 Å². The van der Waals surface area contributed by atoms with Crippen molar-refractivity contribution in [2.45, 2.75) is 114 Å². The molecule has 0 aliphatic rings. The molecule has 0 saturated heterocycles. The van der Waals surface area contributed by atoms with Gasteiger partial charge in [0.25, 0.3) is 0 Å². The van der Waals surface area contributed by atoms with Gasteiger partial charge in [0.05, 0.1) is 31.1 Å². The zero-order chi connectivity index (χ0) is 41.7. The lowest BCUT2D eigenvalue weighted by Crippen LogP contribution is -2.60. The number of carboxylic acids is 2. The monoisotopic (exact) mass is 783 g/mol. The fourth-order valence-corrected chi connectivity index (χ4v) is 5.07. The Balaban J connectivity index is 3.20. The molecule has 0 bridgehead atoms. The number of H-pyrrole nitrogens is 1. The summed E-state index contributed by atoms with van der Waals surface area (Å²) in [5, 5.41) is 42.6. The van der Waals surface area contributed by atoms with Gasteiger partial charge in [-0.25, -0.2) is 9.78 Å². The topological polar surface area (TPSA) is 376 Å². The van der Waals surface area contributed by atoms with Gasteiger partial charge in [-0.3, -0.25) is 33.6 Å². The summed E-state index contributed by atoms with van der Waals surface area (Å²) >= 11 is 0. The van der Waals surface area contributed by atoms with E-state index in [1.807, 2.05) is 0 Å². The van der Waals surface area contributed by atoms with Crippen LogP contribution in [-0.2, 0) is 44.8 Å². The zero-order valence-electron chi connectivity index (χ0n) is 31.3. The molecule has 0 saturated carbocycles. The maximum Gasteiger partial charge on any atom is 0.328 e. The number of aliphatic carboxylic acids is 2. The minimum atomic E-state index is -1.75. The van der Waals surface area contributed by atoms with Gasteiger partial charge in [0.2, 0.25) is 35.4 Å². The Bertz CT molecular complexity index is 1430. The molecule has 6 amide bonds. The summed E-state index contributed by atoms with van der Waals surface area (Å²) in [6.07, 6.45) is 3.86. The van der Waals surface area contributed by atoms with Crippen molar-refractivity contribution in [1.82, 2.24) is 41.9 Å². The summed E-state index contributed by atoms with van der Waals surface area (Å²) in [6, 6.07) is -9.59. The van der Waals surface area contributed by atoms with Gasteiger partial charge < -0.3 is 69.4 Å². The van der Waals surface area contributed by atoms with Crippen LogP contribution in [0.4, 0.5) is 0 Å². The Morgan fingerprint density at radius 1 is 0.691 bits per heavy atom. The van der Waals surface area contributed by atoms with Crippen LogP contribution >= 0.6 is 0 Å². The average Bonchev–Trinajstić information content (AvgIpc) is 3.64. The van der Waals surface area contributed by atoms with Crippen LogP contribution in [0.5, 0.6) is 0 Å². The summed E-state index contributed by atoms with van der Waals surface area (Å²) in [4.78, 5) is 109. The van der Waals surface area contributed by atoms with E-state index in [2.05, 4.69) is 41.9 Å². The van der Waals surface area contributed by atoms with Crippen molar-refractivity contribution in [2.75, 3.05) is 19.7 Å². The van der Waals surface area contributed by atoms with Crippen LogP contribution in [0.3, 0.4) is 0 Å². The third-order valence-corrected chi connectivity index (χ3v) is 8.29. The Hall–Kier alpha value is -5.19. The molecule has 22 heteroatoms. The highest BCUT2D eigenvalue weighted by molar-refractivity contribution is 5.98. The standard InChI is InChI=1S/C33H57N11O11/c1-17(2)26(44-27(48)18(3)39-28(49)20(36)8-4-6-10-34)32(53)42-23(13-25(46)47)31(52)40-21(9-5-7-11-35)29(50)41-22(12-19-14-37-16-38-19)30(51)43-24(15-45)33(54)55/h14,16-18,20-24,26,45H,4-13,15,34-36H2,1-3H3,(H,37,38)(H,39,49)(H,40,52)(H,41,50)(H,42,53)(H,43,51)(H,44,48)(H,46,47)(H,54,55)/t18-,20-,21-,22-,23-,24-,26-/m0/s1.